The number of carbonyl (C=O) groups excluding carboxylic acids is 3. The largest absolute Gasteiger partial charge is 0.465 e. The standard InChI is InChI=1S/C22H24BrN3O5S2/c1-3-31-19(28)11-32-20-10-24-17(33-20)9-18(27)26-13-22(6-7-25(12-22)21(29)30-2)15-8-14(23)4-5-16(15)26/h4-5,8,10H,3,6-7,9,11-13H2,1-2H3/t22-/m1/s1. The van der Waals surface area contributed by atoms with Crippen LogP contribution in [0.3, 0.4) is 0 Å². The summed E-state index contributed by atoms with van der Waals surface area (Å²) >= 11 is 6.32. The highest BCUT2D eigenvalue weighted by atomic mass is 79.9. The van der Waals surface area contributed by atoms with Gasteiger partial charge in [0.15, 0.2) is 0 Å². The van der Waals surface area contributed by atoms with Gasteiger partial charge in [-0.2, -0.15) is 0 Å². The normalized spacial score (nSPS) is 19.1. The van der Waals surface area contributed by atoms with Gasteiger partial charge >= 0.3 is 12.1 Å². The second-order valence-corrected chi connectivity index (χ2v) is 11.2. The van der Waals surface area contributed by atoms with E-state index in [1.54, 1.807) is 18.0 Å². The molecule has 1 aromatic carbocycles. The second-order valence-electron chi connectivity index (χ2n) is 7.91. The highest BCUT2D eigenvalue weighted by molar-refractivity contribution is 9.10. The summed E-state index contributed by atoms with van der Waals surface area (Å²) in [6, 6.07) is 5.94. The van der Waals surface area contributed by atoms with E-state index in [4.69, 9.17) is 9.47 Å². The van der Waals surface area contributed by atoms with Gasteiger partial charge in [-0.25, -0.2) is 9.78 Å². The third kappa shape index (κ3) is 5.04. The van der Waals surface area contributed by atoms with Crippen LogP contribution in [0, 0.1) is 0 Å². The Hall–Kier alpha value is -2.11. The van der Waals surface area contributed by atoms with Crippen molar-refractivity contribution < 1.29 is 23.9 Å². The van der Waals surface area contributed by atoms with Gasteiger partial charge in [0.05, 0.1) is 36.3 Å². The molecule has 0 radical (unpaired) electrons. The van der Waals surface area contributed by atoms with Gasteiger partial charge in [-0.3, -0.25) is 9.59 Å². The number of methoxy groups -OCH3 is 1. The molecule has 1 saturated heterocycles. The van der Waals surface area contributed by atoms with Crippen molar-refractivity contribution in [3.63, 3.8) is 0 Å². The third-order valence-electron chi connectivity index (χ3n) is 5.84. The quantitative estimate of drug-likeness (QED) is 0.396. The van der Waals surface area contributed by atoms with Crippen molar-refractivity contribution in [2.75, 3.05) is 44.0 Å². The van der Waals surface area contributed by atoms with E-state index < -0.39 is 0 Å². The average Bonchev–Trinajstić information content (AvgIpc) is 3.51. The van der Waals surface area contributed by atoms with Crippen molar-refractivity contribution in [2.24, 2.45) is 0 Å². The van der Waals surface area contributed by atoms with Crippen LogP contribution in [0.15, 0.2) is 33.1 Å². The molecule has 1 aromatic heterocycles. The number of amides is 2. The zero-order valence-corrected chi connectivity index (χ0v) is 21.6. The Balaban J connectivity index is 1.48. The summed E-state index contributed by atoms with van der Waals surface area (Å²) in [5.41, 5.74) is 1.64. The van der Waals surface area contributed by atoms with E-state index in [0.29, 0.717) is 31.2 Å². The van der Waals surface area contributed by atoms with Gasteiger partial charge in [-0.1, -0.05) is 15.9 Å². The lowest BCUT2D eigenvalue weighted by molar-refractivity contribution is -0.139. The maximum Gasteiger partial charge on any atom is 0.409 e. The lowest BCUT2D eigenvalue weighted by Gasteiger charge is -2.25. The van der Waals surface area contributed by atoms with Crippen LogP contribution in [-0.2, 0) is 30.9 Å². The molecule has 8 nitrogen and oxygen atoms in total. The molecule has 2 aliphatic rings. The molecule has 1 spiro atoms. The summed E-state index contributed by atoms with van der Waals surface area (Å²) in [5.74, 6) is -0.0868. The number of likely N-dealkylation sites (tertiary alicyclic amines) is 1. The van der Waals surface area contributed by atoms with Gasteiger partial charge in [0, 0.05) is 35.2 Å². The molecule has 1 atom stereocenters. The number of hydrogen-bond acceptors (Lipinski definition) is 8. The number of fused-ring (bicyclic) bond motifs is 2. The van der Waals surface area contributed by atoms with Crippen LogP contribution in [0.5, 0.6) is 0 Å². The molecule has 0 unspecified atom stereocenters. The first-order valence-electron chi connectivity index (χ1n) is 10.5. The number of carbonyl (C=O) groups is 3. The lowest BCUT2D eigenvalue weighted by atomic mass is 9.81. The first kappa shape index (κ1) is 24.0. The highest BCUT2D eigenvalue weighted by Crippen LogP contribution is 2.47. The summed E-state index contributed by atoms with van der Waals surface area (Å²) in [5, 5.41) is 0.702. The molecule has 11 heteroatoms. The fraction of sp³-hybridized carbons (Fsp3) is 0.455. The number of hydrogen-bond donors (Lipinski definition) is 0. The predicted octanol–water partition coefficient (Wildman–Crippen LogP) is 3.86. The second kappa shape index (κ2) is 10.0. The van der Waals surface area contributed by atoms with Crippen LogP contribution in [0.2, 0.25) is 0 Å². The van der Waals surface area contributed by atoms with Crippen LogP contribution in [0.4, 0.5) is 10.5 Å². The Morgan fingerprint density at radius 2 is 2.12 bits per heavy atom. The lowest BCUT2D eigenvalue weighted by Crippen LogP contribution is -2.40. The summed E-state index contributed by atoms with van der Waals surface area (Å²) < 4.78 is 11.7. The molecule has 0 saturated carbocycles. The van der Waals surface area contributed by atoms with Crippen molar-refractivity contribution in [3.05, 3.63) is 39.4 Å². The number of benzene rings is 1. The van der Waals surface area contributed by atoms with E-state index in [9.17, 15) is 14.4 Å². The van der Waals surface area contributed by atoms with Crippen molar-refractivity contribution in [1.82, 2.24) is 9.88 Å². The number of anilines is 1. The predicted molar refractivity (Wildman–Crippen MR) is 130 cm³/mol. The first-order valence-corrected chi connectivity index (χ1v) is 13.1. The van der Waals surface area contributed by atoms with Crippen molar-refractivity contribution in [1.29, 1.82) is 0 Å². The highest BCUT2D eigenvalue weighted by Gasteiger charge is 2.50. The van der Waals surface area contributed by atoms with E-state index in [0.717, 1.165) is 26.4 Å². The Labute approximate surface area is 208 Å². The number of ether oxygens (including phenoxy) is 2. The summed E-state index contributed by atoms with van der Waals surface area (Å²) in [4.78, 5) is 44.9. The van der Waals surface area contributed by atoms with E-state index in [2.05, 4.69) is 27.0 Å². The minimum Gasteiger partial charge on any atom is -0.465 e. The number of thioether (sulfide) groups is 1. The van der Waals surface area contributed by atoms with Crippen LogP contribution < -0.4 is 4.90 Å². The first-order chi connectivity index (χ1) is 15.8. The number of rotatable bonds is 6. The van der Waals surface area contributed by atoms with E-state index in [-0.39, 0.29) is 35.6 Å². The van der Waals surface area contributed by atoms with E-state index in [1.165, 1.54) is 30.2 Å². The van der Waals surface area contributed by atoms with Crippen LogP contribution in [-0.4, -0.2) is 67.0 Å². The molecule has 4 rings (SSSR count). The average molecular weight is 554 g/mol. The Bertz CT molecular complexity index is 1080. The number of halogens is 1. The van der Waals surface area contributed by atoms with Gasteiger partial charge in [-0.05, 0) is 37.1 Å². The molecule has 1 fully saturated rings. The fourth-order valence-electron chi connectivity index (χ4n) is 4.37. The van der Waals surface area contributed by atoms with Crippen LogP contribution in [0.25, 0.3) is 0 Å². The minimum atomic E-state index is -0.344. The zero-order valence-electron chi connectivity index (χ0n) is 18.3. The van der Waals surface area contributed by atoms with Crippen molar-refractivity contribution >= 4 is 62.7 Å². The molecule has 0 bridgehead atoms. The van der Waals surface area contributed by atoms with Crippen LogP contribution in [0.1, 0.15) is 23.9 Å². The summed E-state index contributed by atoms with van der Waals surface area (Å²) in [7, 11) is 1.38. The summed E-state index contributed by atoms with van der Waals surface area (Å²) in [6.45, 7) is 3.75. The Morgan fingerprint density at radius 3 is 2.88 bits per heavy atom. The number of thiazole rings is 1. The molecule has 0 N–H and O–H groups in total. The maximum absolute atomic E-state index is 13.3. The topological polar surface area (TPSA) is 89.0 Å². The van der Waals surface area contributed by atoms with E-state index in [1.807, 2.05) is 17.0 Å². The zero-order chi connectivity index (χ0) is 23.6. The Kier molecular flexibility index (Phi) is 7.30. The fourth-order valence-corrected chi connectivity index (χ4v) is 6.54. The molecule has 2 aromatic rings. The van der Waals surface area contributed by atoms with Gasteiger partial charge in [0.2, 0.25) is 5.91 Å². The SMILES string of the molecule is CCOC(=O)CSc1cnc(CC(=O)N2C[C@]3(CCN(C(=O)OC)C3)c3cc(Br)ccc32)s1. The van der Waals surface area contributed by atoms with Gasteiger partial charge in [0.25, 0.3) is 0 Å². The van der Waals surface area contributed by atoms with E-state index >= 15 is 0 Å². The molecule has 2 amide bonds. The molecule has 3 heterocycles. The molecular formula is C22H24BrN3O5S2. The van der Waals surface area contributed by atoms with Gasteiger partial charge in [-0.15, -0.1) is 23.1 Å². The van der Waals surface area contributed by atoms with Gasteiger partial charge in [0.1, 0.15) is 5.01 Å². The number of aromatic nitrogens is 1. The molecule has 33 heavy (non-hydrogen) atoms. The van der Waals surface area contributed by atoms with Gasteiger partial charge < -0.3 is 19.3 Å². The Morgan fingerprint density at radius 1 is 1.30 bits per heavy atom. The molecule has 0 aliphatic carbocycles. The number of nitrogens with zero attached hydrogens (tertiary/aromatic N) is 3. The number of esters is 1. The van der Waals surface area contributed by atoms with Crippen LogP contribution >= 0.6 is 39.0 Å². The monoisotopic (exact) mass is 553 g/mol. The van der Waals surface area contributed by atoms with Crippen molar-refractivity contribution in [3.8, 4) is 0 Å². The summed E-state index contributed by atoms with van der Waals surface area (Å²) in [6.07, 6.45) is 2.29. The smallest absolute Gasteiger partial charge is 0.409 e. The molecule has 2 aliphatic heterocycles. The molecular weight excluding hydrogens is 530 g/mol. The maximum atomic E-state index is 13.3. The van der Waals surface area contributed by atoms with Crippen molar-refractivity contribution in [2.45, 2.75) is 29.4 Å². The third-order valence-corrected chi connectivity index (χ3v) is 8.50. The molecule has 176 valence electrons. The minimum absolute atomic E-state index is 0.0386.